The molecule has 0 saturated carbocycles. The molecule has 4 aromatic rings. The molecule has 206 valence electrons. The summed E-state index contributed by atoms with van der Waals surface area (Å²) in [6.45, 7) is 0. The van der Waals surface area contributed by atoms with Crippen LogP contribution in [0.3, 0.4) is 0 Å². The minimum absolute atomic E-state index is 0.0557. The second kappa shape index (κ2) is 12.6. The number of para-hydroxylation sites is 1. The van der Waals surface area contributed by atoms with Crippen LogP contribution >= 0.6 is 11.8 Å². The van der Waals surface area contributed by atoms with E-state index in [4.69, 9.17) is 14.2 Å². The van der Waals surface area contributed by atoms with E-state index in [2.05, 4.69) is 4.99 Å². The second-order valence-corrected chi connectivity index (χ2v) is 9.96. The molecule has 41 heavy (non-hydrogen) atoms. The van der Waals surface area contributed by atoms with Gasteiger partial charge in [-0.1, -0.05) is 84.6 Å². The summed E-state index contributed by atoms with van der Waals surface area (Å²) < 4.78 is 16.3. The molecule has 5 rings (SSSR count). The molecule has 0 unspecified atom stereocenters. The summed E-state index contributed by atoms with van der Waals surface area (Å²) >= 11 is 1.23. The molecular weight excluding hydrogens is 536 g/mol. The quantitative estimate of drug-likeness (QED) is 0.166. The highest BCUT2D eigenvalue weighted by molar-refractivity contribution is 8.14. The van der Waals surface area contributed by atoms with Crippen molar-refractivity contribution in [2.45, 2.75) is 0 Å². The van der Waals surface area contributed by atoms with E-state index in [0.29, 0.717) is 39.2 Å². The maximum atomic E-state index is 13.6. The number of ether oxygens (including phenoxy) is 3. The molecule has 1 aliphatic heterocycles. The Kier molecular flexibility index (Phi) is 8.50. The number of amides is 1. The Balaban J connectivity index is 1.41. The number of hydrogen-bond acceptors (Lipinski definition) is 7. The molecule has 0 aliphatic carbocycles. The Bertz CT molecular complexity index is 1590. The molecule has 1 heterocycles. The number of hydrogen-bond donors (Lipinski definition) is 0. The van der Waals surface area contributed by atoms with Crippen molar-refractivity contribution >= 4 is 40.4 Å². The number of anilines is 1. The lowest BCUT2D eigenvalue weighted by Gasteiger charge is -2.17. The third-order valence-electron chi connectivity index (χ3n) is 6.48. The lowest BCUT2D eigenvalue weighted by atomic mass is 10.0. The second-order valence-electron chi connectivity index (χ2n) is 9.01. The molecule has 0 spiro atoms. The number of methoxy groups -OCH3 is 3. The van der Waals surface area contributed by atoms with Crippen molar-refractivity contribution in [2.75, 3.05) is 32.0 Å². The summed E-state index contributed by atoms with van der Waals surface area (Å²) in [5.74, 6) is 1.15. The number of rotatable bonds is 9. The maximum absolute atomic E-state index is 13.6. The average molecular weight is 565 g/mol. The maximum Gasteiger partial charge on any atom is 0.283 e. The van der Waals surface area contributed by atoms with Crippen LogP contribution in [0.15, 0.2) is 108 Å². The Morgan fingerprint density at radius 2 is 1.39 bits per heavy atom. The Labute approximate surface area is 243 Å². The lowest BCUT2D eigenvalue weighted by molar-refractivity contribution is -0.113. The molecular formula is C33H28N2O5S. The molecule has 0 atom stereocenters. The first-order valence-corrected chi connectivity index (χ1v) is 13.8. The van der Waals surface area contributed by atoms with Crippen LogP contribution < -0.4 is 19.1 Å². The Morgan fingerprint density at radius 1 is 0.805 bits per heavy atom. The summed E-state index contributed by atoms with van der Waals surface area (Å²) in [7, 11) is 4.60. The predicted octanol–water partition coefficient (Wildman–Crippen LogP) is 6.74. The minimum atomic E-state index is -0.299. The van der Waals surface area contributed by atoms with Gasteiger partial charge in [-0.25, -0.2) is 4.99 Å². The number of Topliss-reactive ketones (excluding diaryl/α,β-unsaturated/α-hetero) is 1. The van der Waals surface area contributed by atoms with Gasteiger partial charge < -0.3 is 14.2 Å². The Morgan fingerprint density at radius 3 is 1.98 bits per heavy atom. The monoisotopic (exact) mass is 564 g/mol. The predicted molar refractivity (Wildman–Crippen MR) is 164 cm³/mol. The van der Waals surface area contributed by atoms with Crippen molar-refractivity contribution in [1.29, 1.82) is 0 Å². The number of thioether (sulfide) groups is 1. The smallest absolute Gasteiger partial charge is 0.283 e. The summed E-state index contributed by atoms with van der Waals surface area (Å²) in [5.41, 5.74) is 4.27. The number of nitrogens with zero attached hydrogens (tertiary/aromatic N) is 2. The standard InChI is InChI=1S/C33H28N2O5S/c1-38-29-19-22(20-30(39-2)31(29)40-3)18-27-32(37)35(26-12-8-5-9-13-26)33(34-27)41-21-28(36)25-16-14-24(15-17-25)23-10-6-4-7-11-23/h4-20H,21H2,1-3H3/b27-18+. The number of aliphatic imine (C=N–C) groups is 1. The third-order valence-corrected chi connectivity index (χ3v) is 7.42. The van der Waals surface area contributed by atoms with E-state index in [9.17, 15) is 9.59 Å². The minimum Gasteiger partial charge on any atom is -0.493 e. The molecule has 8 heteroatoms. The molecule has 0 aromatic heterocycles. The van der Waals surface area contributed by atoms with Gasteiger partial charge in [0.15, 0.2) is 22.4 Å². The Hall–Kier alpha value is -4.82. The van der Waals surface area contributed by atoms with E-state index in [-0.39, 0.29) is 23.1 Å². The number of carbonyl (C=O) groups is 2. The normalized spacial score (nSPS) is 13.7. The van der Waals surface area contributed by atoms with Gasteiger partial charge in [0.2, 0.25) is 5.75 Å². The molecule has 0 bridgehead atoms. The molecule has 1 amide bonds. The lowest BCUT2D eigenvalue weighted by Crippen LogP contribution is -2.30. The summed E-state index contributed by atoms with van der Waals surface area (Å²) in [6, 6.07) is 30.3. The molecule has 4 aromatic carbocycles. The van der Waals surface area contributed by atoms with Crippen LogP contribution in [-0.2, 0) is 4.79 Å². The molecule has 0 N–H and O–H groups in total. The van der Waals surface area contributed by atoms with Crippen molar-refractivity contribution in [3.63, 3.8) is 0 Å². The summed E-state index contributed by atoms with van der Waals surface area (Å²) in [5, 5.41) is 0.425. The number of carbonyl (C=O) groups excluding carboxylic acids is 2. The van der Waals surface area contributed by atoms with Crippen LogP contribution in [0.5, 0.6) is 17.2 Å². The van der Waals surface area contributed by atoms with Gasteiger partial charge in [0, 0.05) is 5.56 Å². The van der Waals surface area contributed by atoms with Gasteiger partial charge in [0.25, 0.3) is 5.91 Å². The van der Waals surface area contributed by atoms with Crippen molar-refractivity contribution < 1.29 is 23.8 Å². The van der Waals surface area contributed by atoms with Crippen LogP contribution in [-0.4, -0.2) is 43.9 Å². The highest BCUT2D eigenvalue weighted by Gasteiger charge is 2.32. The van der Waals surface area contributed by atoms with Crippen LogP contribution in [0, 0.1) is 0 Å². The molecule has 0 radical (unpaired) electrons. The van der Waals surface area contributed by atoms with Crippen LogP contribution in [0.1, 0.15) is 15.9 Å². The first-order chi connectivity index (χ1) is 20.0. The van der Waals surface area contributed by atoms with Crippen molar-refractivity contribution in [3.05, 3.63) is 114 Å². The number of amidine groups is 1. The zero-order valence-corrected chi connectivity index (χ0v) is 23.7. The van der Waals surface area contributed by atoms with E-state index in [1.54, 1.807) is 18.2 Å². The number of ketones is 1. The fraction of sp³-hybridized carbons (Fsp3) is 0.121. The highest BCUT2D eigenvalue weighted by Crippen LogP contribution is 2.39. The van der Waals surface area contributed by atoms with Crippen molar-refractivity contribution in [2.24, 2.45) is 4.99 Å². The van der Waals surface area contributed by atoms with Crippen LogP contribution in [0.25, 0.3) is 17.2 Å². The summed E-state index contributed by atoms with van der Waals surface area (Å²) in [4.78, 5) is 32.9. The zero-order chi connectivity index (χ0) is 28.8. The van der Waals surface area contributed by atoms with Gasteiger partial charge in [-0.2, -0.15) is 0 Å². The van der Waals surface area contributed by atoms with E-state index in [1.165, 1.54) is 38.0 Å². The van der Waals surface area contributed by atoms with Crippen molar-refractivity contribution in [1.82, 2.24) is 0 Å². The van der Waals surface area contributed by atoms with Gasteiger partial charge in [0.1, 0.15) is 5.70 Å². The van der Waals surface area contributed by atoms with Gasteiger partial charge in [-0.3, -0.25) is 14.5 Å². The summed E-state index contributed by atoms with van der Waals surface area (Å²) in [6.07, 6.45) is 1.67. The average Bonchev–Trinajstić information content (AvgIpc) is 3.34. The third kappa shape index (κ3) is 6.02. The topological polar surface area (TPSA) is 77.4 Å². The fourth-order valence-corrected chi connectivity index (χ4v) is 5.34. The van der Waals surface area contributed by atoms with E-state index in [1.807, 2.05) is 84.9 Å². The number of benzene rings is 4. The SMILES string of the molecule is COc1cc(/C=C2/N=C(SCC(=O)c3ccc(-c4ccccc4)cc3)N(c3ccccc3)C2=O)cc(OC)c1OC. The van der Waals surface area contributed by atoms with Gasteiger partial charge in [0.05, 0.1) is 32.8 Å². The van der Waals surface area contributed by atoms with Crippen molar-refractivity contribution in [3.8, 4) is 28.4 Å². The molecule has 0 saturated heterocycles. The van der Waals surface area contributed by atoms with Crippen LogP contribution in [0.2, 0.25) is 0 Å². The van der Waals surface area contributed by atoms with Crippen LogP contribution in [0.4, 0.5) is 5.69 Å². The van der Waals surface area contributed by atoms with E-state index < -0.39 is 0 Å². The van der Waals surface area contributed by atoms with E-state index >= 15 is 0 Å². The first kappa shape index (κ1) is 27.7. The largest absolute Gasteiger partial charge is 0.493 e. The van der Waals surface area contributed by atoms with Gasteiger partial charge in [-0.15, -0.1) is 0 Å². The highest BCUT2D eigenvalue weighted by atomic mass is 32.2. The van der Waals surface area contributed by atoms with Gasteiger partial charge >= 0.3 is 0 Å². The molecule has 0 fully saturated rings. The molecule has 7 nitrogen and oxygen atoms in total. The molecule has 1 aliphatic rings. The van der Waals surface area contributed by atoms with E-state index in [0.717, 1.165) is 11.1 Å². The zero-order valence-electron chi connectivity index (χ0n) is 22.9. The fourth-order valence-electron chi connectivity index (χ4n) is 4.43. The first-order valence-electron chi connectivity index (χ1n) is 12.8. The van der Waals surface area contributed by atoms with Gasteiger partial charge in [-0.05, 0) is 47.0 Å².